The summed E-state index contributed by atoms with van der Waals surface area (Å²) in [6.07, 6.45) is 0.485. The van der Waals surface area contributed by atoms with Crippen LogP contribution in [-0.4, -0.2) is 9.96 Å². The van der Waals surface area contributed by atoms with Gasteiger partial charge in [-0.25, -0.2) is 13.4 Å². The Morgan fingerprint density at radius 2 is 2.29 bits per heavy atom. The average molecular weight is 214 g/mol. The number of hydrogen-bond acceptors (Lipinski definition) is 3. The van der Waals surface area contributed by atoms with Crippen molar-refractivity contribution < 1.29 is 8.60 Å². The van der Waals surface area contributed by atoms with Crippen molar-refractivity contribution in [2.24, 2.45) is 5.73 Å². The maximum Gasteiger partial charge on any atom is 0.123 e. The lowest BCUT2D eigenvalue weighted by molar-refractivity contribution is 0.599. The highest BCUT2D eigenvalue weighted by molar-refractivity contribution is 7.92. The van der Waals surface area contributed by atoms with E-state index in [0.717, 1.165) is 0 Å². The van der Waals surface area contributed by atoms with Crippen LogP contribution in [0, 0.1) is 10.6 Å². The summed E-state index contributed by atoms with van der Waals surface area (Å²) in [5.41, 5.74) is 6.29. The summed E-state index contributed by atoms with van der Waals surface area (Å²) in [7, 11) is -2.74. The summed E-state index contributed by atoms with van der Waals surface area (Å²) in [5.74, 6) is -0.122. The molecule has 0 aliphatic carbocycles. The summed E-state index contributed by atoms with van der Waals surface area (Å²) in [5, 5.41) is 0. The predicted molar refractivity (Wildman–Crippen MR) is 51.9 cm³/mol. The van der Waals surface area contributed by atoms with Gasteiger partial charge in [-0.3, -0.25) is 0 Å². The molecule has 0 saturated carbocycles. The second kappa shape index (κ2) is 3.03. The second-order valence-corrected chi connectivity index (χ2v) is 5.66. The minimum absolute atomic E-state index is 0.271. The molecule has 14 heavy (non-hydrogen) atoms. The quantitative estimate of drug-likeness (QED) is 0.689. The van der Waals surface area contributed by atoms with Crippen molar-refractivity contribution in [2.45, 2.75) is 17.4 Å². The van der Waals surface area contributed by atoms with Gasteiger partial charge in [0.1, 0.15) is 5.82 Å². The minimum Gasteiger partial charge on any atom is -0.324 e. The third-order valence-corrected chi connectivity index (χ3v) is 4.34. The van der Waals surface area contributed by atoms with Crippen molar-refractivity contribution >= 4 is 9.73 Å². The lowest BCUT2D eigenvalue weighted by atomic mass is 10.1. The number of nitrogens with one attached hydrogen (secondary N) is 1. The fourth-order valence-electron chi connectivity index (χ4n) is 1.67. The van der Waals surface area contributed by atoms with E-state index in [-0.39, 0.29) is 11.8 Å². The zero-order valence-corrected chi connectivity index (χ0v) is 8.31. The number of fused-ring (bicyclic) bond motifs is 1. The van der Waals surface area contributed by atoms with Gasteiger partial charge in [0.25, 0.3) is 0 Å². The van der Waals surface area contributed by atoms with Gasteiger partial charge in [0.15, 0.2) is 0 Å². The molecule has 0 amide bonds. The number of benzene rings is 1. The standard InChI is InChI=1S/C9H11FN2OS/c10-6-1-2-9-7(5-6)8(11)3-4-14(9,12)13/h1-2,5,8,12H,3-4,11H2. The Morgan fingerprint density at radius 1 is 1.57 bits per heavy atom. The second-order valence-electron chi connectivity index (χ2n) is 3.46. The maximum atomic E-state index is 12.9. The molecule has 5 heteroatoms. The molecule has 1 aromatic rings. The Bertz CT molecular complexity index is 470. The molecule has 2 atom stereocenters. The van der Waals surface area contributed by atoms with Crippen LogP contribution in [0.15, 0.2) is 23.1 Å². The Hall–Kier alpha value is -0.940. The van der Waals surface area contributed by atoms with E-state index >= 15 is 0 Å². The molecule has 0 radical (unpaired) electrons. The van der Waals surface area contributed by atoms with E-state index in [1.54, 1.807) is 0 Å². The van der Waals surface area contributed by atoms with E-state index in [2.05, 4.69) is 0 Å². The Kier molecular flexibility index (Phi) is 2.08. The largest absolute Gasteiger partial charge is 0.324 e. The molecule has 2 unspecified atom stereocenters. The van der Waals surface area contributed by atoms with E-state index in [1.807, 2.05) is 0 Å². The zero-order chi connectivity index (χ0) is 10.3. The highest BCUT2D eigenvalue weighted by Crippen LogP contribution is 2.31. The number of hydrogen-bond donors (Lipinski definition) is 2. The predicted octanol–water partition coefficient (Wildman–Crippen LogP) is 1.63. The van der Waals surface area contributed by atoms with Crippen LogP contribution in [0.25, 0.3) is 0 Å². The van der Waals surface area contributed by atoms with Crippen molar-refractivity contribution in [1.82, 2.24) is 0 Å². The first-order chi connectivity index (χ1) is 6.50. The van der Waals surface area contributed by atoms with Gasteiger partial charge in [-0.1, -0.05) is 0 Å². The van der Waals surface area contributed by atoms with E-state index in [4.69, 9.17) is 10.5 Å². The molecule has 1 aromatic carbocycles. The van der Waals surface area contributed by atoms with E-state index in [1.165, 1.54) is 18.2 Å². The highest BCUT2D eigenvalue weighted by Gasteiger charge is 2.25. The molecule has 0 fully saturated rings. The SMILES string of the molecule is N=S1(=O)CCC(N)c2cc(F)ccc21. The van der Waals surface area contributed by atoms with Gasteiger partial charge in [-0.15, -0.1) is 0 Å². The van der Waals surface area contributed by atoms with Crippen LogP contribution in [0.2, 0.25) is 0 Å². The first kappa shape index (κ1) is 9.61. The molecule has 1 aliphatic rings. The van der Waals surface area contributed by atoms with E-state index in [0.29, 0.717) is 16.9 Å². The monoisotopic (exact) mass is 214 g/mol. The van der Waals surface area contributed by atoms with Gasteiger partial charge in [-0.05, 0) is 30.2 Å². The molecule has 0 spiro atoms. The number of nitrogens with two attached hydrogens (primary N) is 1. The third kappa shape index (κ3) is 1.42. The van der Waals surface area contributed by atoms with Crippen molar-refractivity contribution in [3.63, 3.8) is 0 Å². The number of halogens is 1. The summed E-state index contributed by atoms with van der Waals surface area (Å²) in [6.45, 7) is 0. The molecule has 3 N–H and O–H groups in total. The van der Waals surface area contributed by atoms with E-state index < -0.39 is 15.5 Å². The van der Waals surface area contributed by atoms with Crippen molar-refractivity contribution in [3.8, 4) is 0 Å². The lowest BCUT2D eigenvalue weighted by Gasteiger charge is -2.23. The van der Waals surface area contributed by atoms with Gasteiger partial charge in [0.2, 0.25) is 0 Å². The van der Waals surface area contributed by atoms with Gasteiger partial charge in [-0.2, -0.15) is 0 Å². The molecule has 0 bridgehead atoms. The summed E-state index contributed by atoms with van der Waals surface area (Å²) in [4.78, 5) is 0.401. The van der Waals surface area contributed by atoms with Crippen LogP contribution in [0.5, 0.6) is 0 Å². The highest BCUT2D eigenvalue weighted by atomic mass is 32.2. The van der Waals surface area contributed by atoms with Gasteiger partial charge in [0.05, 0.1) is 14.6 Å². The van der Waals surface area contributed by atoms with Crippen molar-refractivity contribution in [1.29, 1.82) is 4.78 Å². The molecule has 0 saturated heterocycles. The average Bonchev–Trinajstić information content (AvgIpc) is 2.12. The first-order valence-electron chi connectivity index (χ1n) is 4.32. The fourth-order valence-corrected chi connectivity index (χ4v) is 3.35. The molecular formula is C9H11FN2OS. The van der Waals surface area contributed by atoms with Crippen molar-refractivity contribution in [2.75, 3.05) is 5.75 Å². The molecule has 0 aromatic heterocycles. The van der Waals surface area contributed by atoms with Crippen LogP contribution in [0.1, 0.15) is 18.0 Å². The Balaban J connectivity index is 2.69. The lowest BCUT2D eigenvalue weighted by Crippen LogP contribution is -2.24. The summed E-state index contributed by atoms with van der Waals surface area (Å²) >= 11 is 0. The topological polar surface area (TPSA) is 66.9 Å². The summed E-state index contributed by atoms with van der Waals surface area (Å²) < 4.78 is 32.3. The van der Waals surface area contributed by atoms with Crippen LogP contribution < -0.4 is 5.73 Å². The fraction of sp³-hybridized carbons (Fsp3) is 0.333. The molecule has 76 valence electrons. The van der Waals surface area contributed by atoms with E-state index in [9.17, 15) is 8.60 Å². The van der Waals surface area contributed by atoms with Gasteiger partial charge >= 0.3 is 0 Å². The molecule has 1 aliphatic heterocycles. The van der Waals surface area contributed by atoms with Crippen LogP contribution in [-0.2, 0) is 9.73 Å². The smallest absolute Gasteiger partial charge is 0.123 e. The maximum absolute atomic E-state index is 12.9. The molecule has 3 nitrogen and oxygen atoms in total. The van der Waals surface area contributed by atoms with Crippen LogP contribution >= 0.6 is 0 Å². The van der Waals surface area contributed by atoms with Crippen LogP contribution in [0.4, 0.5) is 4.39 Å². The Labute approximate surface area is 82.1 Å². The Morgan fingerprint density at radius 3 is 3.00 bits per heavy atom. The summed E-state index contributed by atoms with van der Waals surface area (Å²) in [6, 6.07) is 3.64. The first-order valence-corrected chi connectivity index (χ1v) is 6.05. The molecule has 1 heterocycles. The van der Waals surface area contributed by atoms with Crippen molar-refractivity contribution in [3.05, 3.63) is 29.6 Å². The molecule has 2 rings (SSSR count). The van der Waals surface area contributed by atoms with Gasteiger partial charge < -0.3 is 5.73 Å². The minimum atomic E-state index is -2.74. The number of rotatable bonds is 0. The van der Waals surface area contributed by atoms with Gasteiger partial charge in [0, 0.05) is 11.8 Å². The van der Waals surface area contributed by atoms with Crippen LogP contribution in [0.3, 0.4) is 0 Å². The third-order valence-electron chi connectivity index (χ3n) is 2.44. The zero-order valence-electron chi connectivity index (χ0n) is 7.50. The molecular weight excluding hydrogens is 203 g/mol. The normalized spacial score (nSPS) is 31.1.